The molecule has 51 heavy (non-hydrogen) atoms. The van der Waals surface area contributed by atoms with Gasteiger partial charge in [-0.05, 0) is 74.3 Å². The molecule has 3 heteroatoms. The lowest BCUT2D eigenvalue weighted by atomic mass is 9.98. The van der Waals surface area contributed by atoms with E-state index in [0.29, 0.717) is 0 Å². The Bertz CT molecular complexity index is 2450. The van der Waals surface area contributed by atoms with Crippen LogP contribution in [0.25, 0.3) is 31.3 Å². The van der Waals surface area contributed by atoms with Gasteiger partial charge in [-0.1, -0.05) is 170 Å². The van der Waals surface area contributed by atoms with Crippen LogP contribution >= 0.6 is 11.3 Å². The molecule has 0 aliphatic carbocycles. The summed E-state index contributed by atoms with van der Waals surface area (Å²) in [6, 6.07) is 77.9. The fourth-order valence-corrected chi connectivity index (χ4v) is 13.7. The Balaban J connectivity index is 1.28. The second kappa shape index (κ2) is 13.4. The van der Waals surface area contributed by atoms with Gasteiger partial charge in [-0.3, -0.25) is 0 Å². The Kier molecular flexibility index (Phi) is 8.13. The van der Waals surface area contributed by atoms with Crippen LogP contribution < -0.4 is 25.6 Å². The van der Waals surface area contributed by atoms with Crippen molar-refractivity contribution in [1.29, 1.82) is 0 Å². The highest BCUT2D eigenvalue weighted by molar-refractivity contribution is 7.26. The van der Waals surface area contributed by atoms with E-state index < -0.39 is 8.07 Å². The molecule has 0 amide bonds. The van der Waals surface area contributed by atoms with Crippen LogP contribution in [0.2, 0.25) is 0 Å². The summed E-state index contributed by atoms with van der Waals surface area (Å²) in [5.41, 5.74) is 5.94. The van der Waals surface area contributed by atoms with Gasteiger partial charge in [0.25, 0.3) is 0 Å². The molecule has 0 aliphatic rings. The van der Waals surface area contributed by atoms with Crippen LogP contribution in [0.3, 0.4) is 0 Å². The molecule has 0 atom stereocenters. The first kappa shape index (κ1) is 31.0. The van der Waals surface area contributed by atoms with E-state index in [-0.39, 0.29) is 0 Å². The monoisotopic (exact) mass is 685 g/mol. The molecule has 9 aromatic rings. The van der Waals surface area contributed by atoms with Crippen molar-refractivity contribution in [2.24, 2.45) is 0 Å². The minimum atomic E-state index is -2.65. The lowest BCUT2D eigenvalue weighted by Crippen LogP contribution is -2.74. The summed E-state index contributed by atoms with van der Waals surface area (Å²) in [4.78, 5) is 2.44. The molecule has 0 fully saturated rings. The van der Waals surface area contributed by atoms with Gasteiger partial charge in [0.15, 0.2) is 8.07 Å². The van der Waals surface area contributed by atoms with Crippen LogP contribution in [0, 0.1) is 0 Å². The van der Waals surface area contributed by atoms with Gasteiger partial charge < -0.3 is 4.90 Å². The van der Waals surface area contributed by atoms with Crippen LogP contribution in [-0.2, 0) is 0 Å². The molecule has 0 N–H and O–H groups in total. The van der Waals surface area contributed by atoms with Gasteiger partial charge in [-0.2, -0.15) is 0 Å². The predicted octanol–water partition coefficient (Wildman–Crippen LogP) is 10.6. The first-order valence-electron chi connectivity index (χ1n) is 17.4. The standard InChI is InChI=1S/C48H35NSSi/c1-6-18-36(19-7-1)43-28-16-30-45-47(43)48-44(29-17-31-46(48)50-45)49(37-20-8-2-9-21-37)38-32-34-42(35-33-38)51(39-22-10-3-11-23-39,40-24-12-4-13-25-40)41-26-14-5-15-27-41/h1-35H. The molecule has 8 aromatic carbocycles. The lowest BCUT2D eigenvalue weighted by Gasteiger charge is -2.35. The molecule has 0 aliphatic heterocycles. The van der Waals surface area contributed by atoms with Gasteiger partial charge in [0.2, 0.25) is 0 Å². The van der Waals surface area contributed by atoms with Gasteiger partial charge in [-0.15, -0.1) is 11.3 Å². The van der Waals surface area contributed by atoms with Crippen LogP contribution in [-0.4, -0.2) is 8.07 Å². The van der Waals surface area contributed by atoms with Crippen molar-refractivity contribution >= 4 is 77.4 Å². The van der Waals surface area contributed by atoms with Crippen molar-refractivity contribution in [3.63, 3.8) is 0 Å². The van der Waals surface area contributed by atoms with Gasteiger partial charge in [0.05, 0.1) is 5.69 Å². The number of hydrogen-bond donors (Lipinski definition) is 0. The highest BCUT2D eigenvalue weighted by Crippen LogP contribution is 2.47. The maximum atomic E-state index is 2.44. The molecule has 0 radical (unpaired) electrons. The molecule has 1 heterocycles. The van der Waals surface area contributed by atoms with Crippen molar-refractivity contribution in [3.8, 4) is 11.1 Å². The third-order valence-electron chi connectivity index (χ3n) is 10.0. The maximum Gasteiger partial charge on any atom is 0.179 e. The van der Waals surface area contributed by atoms with E-state index in [2.05, 4.69) is 217 Å². The first-order chi connectivity index (χ1) is 25.3. The Labute approximate surface area is 304 Å². The number of thiophene rings is 1. The summed E-state index contributed by atoms with van der Waals surface area (Å²) in [5, 5.41) is 8.06. The molecule has 0 unspecified atom stereocenters. The predicted molar refractivity (Wildman–Crippen MR) is 223 cm³/mol. The normalized spacial score (nSPS) is 11.5. The van der Waals surface area contributed by atoms with E-state index in [1.807, 2.05) is 11.3 Å². The second-order valence-corrected chi connectivity index (χ2v) is 17.8. The Morgan fingerprint density at radius 2 is 0.765 bits per heavy atom. The number of anilines is 3. The summed E-state index contributed by atoms with van der Waals surface area (Å²) in [6.07, 6.45) is 0. The Morgan fingerprint density at radius 1 is 0.333 bits per heavy atom. The molecule has 0 spiro atoms. The molecule has 1 nitrogen and oxygen atoms in total. The Hall–Kier alpha value is -6.00. The third kappa shape index (κ3) is 5.39. The van der Waals surface area contributed by atoms with Gasteiger partial charge >= 0.3 is 0 Å². The molecular formula is C48H35NSSi. The van der Waals surface area contributed by atoms with Crippen molar-refractivity contribution in [1.82, 2.24) is 0 Å². The molecule has 0 saturated carbocycles. The number of fused-ring (bicyclic) bond motifs is 3. The highest BCUT2D eigenvalue weighted by atomic mass is 32.1. The summed E-state index contributed by atoms with van der Waals surface area (Å²) in [6.45, 7) is 0. The number of para-hydroxylation sites is 1. The van der Waals surface area contributed by atoms with E-state index in [0.717, 1.165) is 11.4 Å². The Morgan fingerprint density at radius 3 is 1.31 bits per heavy atom. The van der Waals surface area contributed by atoms with Crippen LogP contribution in [0.5, 0.6) is 0 Å². The largest absolute Gasteiger partial charge is 0.310 e. The molecule has 1 aromatic heterocycles. The molecule has 0 saturated heterocycles. The number of nitrogens with zero attached hydrogens (tertiary/aromatic N) is 1. The number of benzene rings is 8. The average molecular weight is 686 g/mol. The van der Waals surface area contributed by atoms with Gasteiger partial charge in [-0.25, -0.2) is 0 Å². The average Bonchev–Trinajstić information content (AvgIpc) is 3.61. The van der Waals surface area contributed by atoms with E-state index >= 15 is 0 Å². The first-order valence-corrected chi connectivity index (χ1v) is 20.3. The van der Waals surface area contributed by atoms with Crippen LogP contribution in [0.1, 0.15) is 0 Å². The molecule has 0 bridgehead atoms. The third-order valence-corrected chi connectivity index (χ3v) is 15.9. The van der Waals surface area contributed by atoms with Crippen molar-refractivity contribution in [2.75, 3.05) is 4.90 Å². The topological polar surface area (TPSA) is 3.24 Å². The zero-order valence-electron chi connectivity index (χ0n) is 28.1. The number of hydrogen-bond acceptors (Lipinski definition) is 2. The second-order valence-electron chi connectivity index (χ2n) is 12.9. The summed E-state index contributed by atoms with van der Waals surface area (Å²) in [7, 11) is -2.65. The quantitative estimate of drug-likeness (QED) is 0.114. The van der Waals surface area contributed by atoms with E-state index in [9.17, 15) is 0 Å². The SMILES string of the molecule is c1ccc(-c2cccc3sc4cccc(N(c5ccccc5)c5ccc([Si](c6ccccc6)(c6ccccc6)c6ccccc6)cc5)c4c23)cc1. The highest BCUT2D eigenvalue weighted by Gasteiger charge is 2.41. The maximum absolute atomic E-state index is 2.65. The van der Waals surface area contributed by atoms with Crippen molar-refractivity contribution in [3.05, 3.63) is 212 Å². The lowest BCUT2D eigenvalue weighted by molar-refractivity contribution is 1.30. The van der Waals surface area contributed by atoms with E-state index in [1.165, 1.54) is 57.7 Å². The molecule has 9 rings (SSSR count). The molecule has 242 valence electrons. The van der Waals surface area contributed by atoms with Gasteiger partial charge in [0.1, 0.15) is 0 Å². The van der Waals surface area contributed by atoms with Crippen molar-refractivity contribution < 1.29 is 0 Å². The fraction of sp³-hybridized carbons (Fsp3) is 0. The minimum Gasteiger partial charge on any atom is -0.310 e. The smallest absolute Gasteiger partial charge is 0.179 e. The summed E-state index contributed by atoms with van der Waals surface area (Å²) < 4.78 is 2.58. The summed E-state index contributed by atoms with van der Waals surface area (Å²) >= 11 is 1.87. The van der Waals surface area contributed by atoms with Gasteiger partial charge in [0, 0.05) is 31.5 Å². The van der Waals surface area contributed by atoms with Crippen LogP contribution in [0.4, 0.5) is 17.1 Å². The van der Waals surface area contributed by atoms with E-state index in [4.69, 9.17) is 0 Å². The fourth-order valence-electron chi connectivity index (χ4n) is 7.82. The zero-order chi connectivity index (χ0) is 34.0. The molecular weight excluding hydrogens is 651 g/mol. The number of rotatable bonds is 8. The van der Waals surface area contributed by atoms with E-state index in [1.54, 1.807) is 0 Å². The van der Waals surface area contributed by atoms with Crippen LogP contribution in [0.15, 0.2) is 212 Å². The zero-order valence-corrected chi connectivity index (χ0v) is 29.9. The van der Waals surface area contributed by atoms with Crippen molar-refractivity contribution in [2.45, 2.75) is 0 Å². The minimum absolute atomic E-state index is 1.13. The summed E-state index contributed by atoms with van der Waals surface area (Å²) in [5.74, 6) is 0.